The molecule has 2 rings (SSSR count). The molecule has 0 aliphatic carbocycles. The predicted octanol–water partition coefficient (Wildman–Crippen LogP) is 2.55. The number of nitrogens with two attached hydrogens (primary N) is 1. The number of aromatic nitrogens is 1. The van der Waals surface area contributed by atoms with Crippen molar-refractivity contribution in [1.82, 2.24) is 4.98 Å². The van der Waals surface area contributed by atoms with Crippen LogP contribution in [0, 0.1) is 11.3 Å². The molecule has 0 amide bonds. The van der Waals surface area contributed by atoms with Crippen molar-refractivity contribution in [2.75, 3.05) is 0 Å². The van der Waals surface area contributed by atoms with Gasteiger partial charge in [0.2, 0.25) is 0 Å². The number of pyridine rings is 1. The number of amidine groups is 1. The van der Waals surface area contributed by atoms with Gasteiger partial charge in [0.05, 0.1) is 17.3 Å². The Morgan fingerprint density at radius 3 is 2.68 bits per heavy atom. The lowest BCUT2D eigenvalue weighted by Gasteiger charge is -2.05. The molecule has 0 fully saturated rings. The summed E-state index contributed by atoms with van der Waals surface area (Å²) in [5, 5.41) is 8.74. The van der Waals surface area contributed by atoms with Crippen molar-refractivity contribution >= 4 is 11.5 Å². The fourth-order valence-electron chi connectivity index (χ4n) is 1.76. The lowest BCUT2D eigenvalue weighted by molar-refractivity contribution is 1.08. The first-order valence-electron chi connectivity index (χ1n) is 6.03. The molecule has 1 aromatic carbocycles. The molecule has 2 N–H and O–H groups in total. The summed E-state index contributed by atoms with van der Waals surface area (Å²) < 4.78 is 0. The maximum atomic E-state index is 8.74. The smallest absolute Gasteiger partial charge is 0.150 e. The molecule has 0 aliphatic rings. The summed E-state index contributed by atoms with van der Waals surface area (Å²) in [4.78, 5) is 8.61. The van der Waals surface area contributed by atoms with Gasteiger partial charge in [0.1, 0.15) is 11.5 Å². The number of aliphatic imine (C=N–C) groups is 1. The van der Waals surface area contributed by atoms with E-state index in [-0.39, 0.29) is 0 Å². The van der Waals surface area contributed by atoms with E-state index in [9.17, 15) is 0 Å². The number of rotatable bonds is 3. The van der Waals surface area contributed by atoms with Gasteiger partial charge in [-0.2, -0.15) is 5.26 Å². The second kappa shape index (κ2) is 5.78. The van der Waals surface area contributed by atoms with E-state index in [1.807, 2.05) is 12.1 Å². The normalized spacial score (nSPS) is 11.1. The molecular weight excluding hydrogens is 236 g/mol. The van der Waals surface area contributed by atoms with E-state index in [4.69, 9.17) is 11.0 Å². The molecule has 94 valence electrons. The van der Waals surface area contributed by atoms with Gasteiger partial charge in [0, 0.05) is 6.20 Å². The minimum absolute atomic E-state index is 0.391. The van der Waals surface area contributed by atoms with E-state index in [0.29, 0.717) is 22.8 Å². The molecule has 0 saturated heterocycles. The minimum Gasteiger partial charge on any atom is -0.382 e. The molecule has 0 unspecified atom stereocenters. The van der Waals surface area contributed by atoms with Crippen LogP contribution >= 0.6 is 0 Å². The Kier molecular flexibility index (Phi) is 3.89. The van der Waals surface area contributed by atoms with Crippen LogP contribution in [-0.4, -0.2) is 10.8 Å². The Morgan fingerprint density at radius 1 is 1.32 bits per heavy atom. The maximum absolute atomic E-state index is 8.74. The fraction of sp³-hybridized carbons (Fsp3) is 0.133. The topological polar surface area (TPSA) is 75.1 Å². The third-order valence-electron chi connectivity index (χ3n) is 2.76. The van der Waals surface area contributed by atoms with Crippen molar-refractivity contribution in [2.45, 2.75) is 13.3 Å². The highest BCUT2D eigenvalue weighted by Crippen LogP contribution is 2.14. The Hall–Kier alpha value is -2.67. The quantitative estimate of drug-likeness (QED) is 0.672. The lowest BCUT2D eigenvalue weighted by atomic mass is 10.1. The molecule has 0 radical (unpaired) electrons. The second-order valence-corrected chi connectivity index (χ2v) is 4.02. The number of hydrogen-bond acceptors (Lipinski definition) is 3. The summed E-state index contributed by atoms with van der Waals surface area (Å²) in [5.41, 5.74) is 9.09. The Morgan fingerprint density at radius 2 is 2.05 bits per heavy atom. The summed E-state index contributed by atoms with van der Waals surface area (Å²) in [6, 6.07) is 12.9. The molecule has 0 atom stereocenters. The number of nitrogens with zero attached hydrogens (tertiary/aromatic N) is 3. The zero-order valence-electron chi connectivity index (χ0n) is 10.7. The van der Waals surface area contributed by atoms with E-state index < -0.39 is 0 Å². The third kappa shape index (κ3) is 2.96. The molecule has 1 aromatic heterocycles. The van der Waals surface area contributed by atoms with Gasteiger partial charge < -0.3 is 5.73 Å². The fourth-order valence-corrected chi connectivity index (χ4v) is 1.76. The monoisotopic (exact) mass is 250 g/mol. The zero-order valence-corrected chi connectivity index (χ0v) is 10.7. The SMILES string of the molecule is CCc1cccnc1C(N)=Nc1ccc(C#N)cc1. The zero-order chi connectivity index (χ0) is 13.7. The third-order valence-corrected chi connectivity index (χ3v) is 2.76. The van der Waals surface area contributed by atoms with Gasteiger partial charge in [0.25, 0.3) is 0 Å². The summed E-state index contributed by atoms with van der Waals surface area (Å²) in [6.45, 7) is 2.05. The van der Waals surface area contributed by atoms with Gasteiger partial charge in [-0.15, -0.1) is 0 Å². The van der Waals surface area contributed by atoms with Crippen LogP contribution in [0.15, 0.2) is 47.6 Å². The van der Waals surface area contributed by atoms with Gasteiger partial charge in [-0.3, -0.25) is 4.98 Å². The average molecular weight is 250 g/mol. The number of nitriles is 1. The van der Waals surface area contributed by atoms with Crippen LogP contribution < -0.4 is 5.73 Å². The Labute approximate surface area is 112 Å². The van der Waals surface area contributed by atoms with E-state index in [1.54, 1.807) is 30.5 Å². The standard InChI is InChI=1S/C15H14N4/c1-2-12-4-3-9-18-14(12)15(17)19-13-7-5-11(10-16)6-8-13/h3-9H,2H2,1H3,(H2,17,19). The van der Waals surface area contributed by atoms with Gasteiger partial charge in [-0.25, -0.2) is 4.99 Å². The molecule has 0 spiro atoms. The van der Waals surface area contributed by atoms with E-state index in [1.165, 1.54) is 0 Å². The van der Waals surface area contributed by atoms with Crippen LogP contribution in [-0.2, 0) is 6.42 Å². The van der Waals surface area contributed by atoms with E-state index >= 15 is 0 Å². The van der Waals surface area contributed by atoms with Crippen molar-refractivity contribution in [3.8, 4) is 6.07 Å². The Bertz CT molecular complexity index is 636. The van der Waals surface area contributed by atoms with Crippen LogP contribution in [0.25, 0.3) is 0 Å². The van der Waals surface area contributed by atoms with Crippen LogP contribution in [0.2, 0.25) is 0 Å². The van der Waals surface area contributed by atoms with Gasteiger partial charge in [0.15, 0.2) is 0 Å². The average Bonchev–Trinajstić information content (AvgIpc) is 2.48. The molecule has 19 heavy (non-hydrogen) atoms. The van der Waals surface area contributed by atoms with E-state index in [0.717, 1.165) is 12.0 Å². The van der Waals surface area contributed by atoms with E-state index in [2.05, 4.69) is 23.0 Å². The summed E-state index contributed by atoms with van der Waals surface area (Å²) in [7, 11) is 0. The first kappa shape index (κ1) is 12.8. The molecule has 1 heterocycles. The molecule has 4 heteroatoms. The van der Waals surface area contributed by atoms with Crippen LogP contribution in [0.3, 0.4) is 0 Å². The first-order chi connectivity index (χ1) is 9.24. The Balaban J connectivity index is 2.34. The van der Waals surface area contributed by atoms with Crippen LogP contribution in [0.4, 0.5) is 5.69 Å². The van der Waals surface area contributed by atoms with Crippen molar-refractivity contribution in [3.05, 3.63) is 59.4 Å². The molecule has 2 aromatic rings. The molecule has 4 nitrogen and oxygen atoms in total. The van der Waals surface area contributed by atoms with Crippen molar-refractivity contribution < 1.29 is 0 Å². The van der Waals surface area contributed by atoms with Crippen molar-refractivity contribution in [2.24, 2.45) is 10.7 Å². The highest BCUT2D eigenvalue weighted by molar-refractivity contribution is 5.98. The predicted molar refractivity (Wildman–Crippen MR) is 75.2 cm³/mol. The summed E-state index contributed by atoms with van der Waals surface area (Å²) in [5.74, 6) is 0.391. The van der Waals surface area contributed by atoms with Crippen molar-refractivity contribution in [3.63, 3.8) is 0 Å². The first-order valence-corrected chi connectivity index (χ1v) is 6.03. The second-order valence-electron chi connectivity index (χ2n) is 4.02. The van der Waals surface area contributed by atoms with Gasteiger partial charge in [-0.1, -0.05) is 13.0 Å². The number of hydrogen-bond donors (Lipinski definition) is 1. The number of benzene rings is 1. The van der Waals surface area contributed by atoms with Gasteiger partial charge in [-0.05, 0) is 42.3 Å². The van der Waals surface area contributed by atoms with Crippen LogP contribution in [0.5, 0.6) is 0 Å². The summed E-state index contributed by atoms with van der Waals surface area (Å²) in [6.07, 6.45) is 2.56. The molecule has 0 bridgehead atoms. The molecular formula is C15H14N4. The lowest BCUT2D eigenvalue weighted by Crippen LogP contribution is -2.17. The largest absolute Gasteiger partial charge is 0.382 e. The highest BCUT2D eigenvalue weighted by atomic mass is 14.9. The highest BCUT2D eigenvalue weighted by Gasteiger charge is 2.05. The minimum atomic E-state index is 0.391. The van der Waals surface area contributed by atoms with Crippen LogP contribution in [0.1, 0.15) is 23.7 Å². The molecule has 0 saturated carbocycles. The van der Waals surface area contributed by atoms with Crippen molar-refractivity contribution in [1.29, 1.82) is 5.26 Å². The maximum Gasteiger partial charge on any atom is 0.150 e. The number of aryl methyl sites for hydroxylation is 1. The van der Waals surface area contributed by atoms with Gasteiger partial charge >= 0.3 is 0 Å². The summed E-state index contributed by atoms with van der Waals surface area (Å²) >= 11 is 0. The molecule has 0 aliphatic heterocycles.